The molecule has 6 nitrogen and oxygen atoms in total. The minimum Gasteiger partial charge on any atom is -0.374 e. The molecule has 0 radical (unpaired) electrons. The fraction of sp³-hybridized carbons (Fsp3) is 0.846. The third-order valence-corrected chi connectivity index (χ3v) is 3.93. The summed E-state index contributed by atoms with van der Waals surface area (Å²) in [4.78, 5) is 27.9. The second kappa shape index (κ2) is 5.88. The first-order chi connectivity index (χ1) is 9.02. The number of rotatable bonds is 3. The number of morpholine rings is 1. The zero-order valence-corrected chi connectivity index (χ0v) is 11.9. The molecule has 108 valence electrons. The van der Waals surface area contributed by atoms with Crippen molar-refractivity contribution in [2.75, 3.05) is 32.8 Å². The van der Waals surface area contributed by atoms with Gasteiger partial charge < -0.3 is 15.0 Å². The quantitative estimate of drug-likeness (QED) is 0.746. The van der Waals surface area contributed by atoms with Gasteiger partial charge in [-0.05, 0) is 20.4 Å². The van der Waals surface area contributed by atoms with Crippen molar-refractivity contribution < 1.29 is 14.3 Å². The van der Waals surface area contributed by atoms with E-state index in [4.69, 9.17) is 4.74 Å². The zero-order chi connectivity index (χ0) is 14.0. The van der Waals surface area contributed by atoms with Crippen molar-refractivity contribution in [3.05, 3.63) is 0 Å². The summed E-state index contributed by atoms with van der Waals surface area (Å²) >= 11 is 0. The molecule has 0 aromatic heterocycles. The van der Waals surface area contributed by atoms with Gasteiger partial charge in [-0.25, -0.2) is 0 Å². The number of nitrogens with one attached hydrogen (secondary N) is 1. The summed E-state index contributed by atoms with van der Waals surface area (Å²) < 4.78 is 5.71. The molecule has 2 saturated heterocycles. The van der Waals surface area contributed by atoms with Crippen molar-refractivity contribution in [1.29, 1.82) is 0 Å². The molecule has 2 heterocycles. The standard InChI is InChI=1S/C13H23N3O3/c1-4-15-5-6-19-11(7-15)8-16-10(3)12(17)14-9(2)13(16)18/h9-11H,4-8H2,1-3H3,(H,14,17). The maximum absolute atomic E-state index is 12.1. The Balaban J connectivity index is 1.99. The molecule has 0 bridgehead atoms. The highest BCUT2D eigenvalue weighted by Crippen LogP contribution is 2.14. The maximum Gasteiger partial charge on any atom is 0.245 e. The Bertz CT molecular complexity index is 361. The largest absolute Gasteiger partial charge is 0.374 e. The van der Waals surface area contributed by atoms with Crippen molar-refractivity contribution >= 4 is 11.8 Å². The highest BCUT2D eigenvalue weighted by Gasteiger charge is 2.37. The zero-order valence-electron chi connectivity index (χ0n) is 11.9. The molecule has 0 aliphatic carbocycles. The number of carbonyl (C=O) groups is 2. The molecule has 2 amide bonds. The highest BCUT2D eigenvalue weighted by molar-refractivity contribution is 5.96. The molecule has 0 aromatic rings. The van der Waals surface area contributed by atoms with Gasteiger partial charge in [-0.3, -0.25) is 14.5 Å². The van der Waals surface area contributed by atoms with E-state index in [1.54, 1.807) is 18.7 Å². The van der Waals surface area contributed by atoms with E-state index in [1.165, 1.54) is 0 Å². The van der Waals surface area contributed by atoms with Gasteiger partial charge in [0.1, 0.15) is 12.1 Å². The van der Waals surface area contributed by atoms with Crippen molar-refractivity contribution in [1.82, 2.24) is 15.1 Å². The van der Waals surface area contributed by atoms with E-state index in [9.17, 15) is 9.59 Å². The first-order valence-corrected chi connectivity index (χ1v) is 6.97. The van der Waals surface area contributed by atoms with Crippen LogP contribution in [-0.2, 0) is 14.3 Å². The SMILES string of the molecule is CCN1CCOC(CN2C(=O)C(C)NC(=O)C2C)C1. The van der Waals surface area contributed by atoms with Crippen LogP contribution >= 0.6 is 0 Å². The van der Waals surface area contributed by atoms with Crippen LogP contribution in [0.15, 0.2) is 0 Å². The molecule has 19 heavy (non-hydrogen) atoms. The number of nitrogens with zero attached hydrogens (tertiary/aromatic N) is 2. The van der Waals surface area contributed by atoms with Gasteiger partial charge in [-0.2, -0.15) is 0 Å². The second-order valence-corrected chi connectivity index (χ2v) is 5.28. The van der Waals surface area contributed by atoms with E-state index in [-0.39, 0.29) is 17.9 Å². The molecule has 3 unspecified atom stereocenters. The lowest BCUT2D eigenvalue weighted by atomic mass is 10.1. The van der Waals surface area contributed by atoms with Crippen LogP contribution in [0, 0.1) is 0 Å². The van der Waals surface area contributed by atoms with Gasteiger partial charge in [0, 0.05) is 19.6 Å². The van der Waals surface area contributed by atoms with Gasteiger partial charge in [0.25, 0.3) is 0 Å². The summed E-state index contributed by atoms with van der Waals surface area (Å²) in [7, 11) is 0. The Morgan fingerprint density at radius 1 is 1.37 bits per heavy atom. The molecule has 2 fully saturated rings. The number of amides is 2. The van der Waals surface area contributed by atoms with Gasteiger partial charge in [0.15, 0.2) is 0 Å². The van der Waals surface area contributed by atoms with Crippen LogP contribution in [0.1, 0.15) is 20.8 Å². The average Bonchev–Trinajstić information content (AvgIpc) is 2.41. The van der Waals surface area contributed by atoms with Crippen molar-refractivity contribution in [3.63, 3.8) is 0 Å². The lowest BCUT2D eigenvalue weighted by molar-refractivity contribution is -0.151. The number of likely N-dealkylation sites (N-methyl/N-ethyl adjacent to an activating group) is 1. The van der Waals surface area contributed by atoms with Crippen LogP contribution in [-0.4, -0.2) is 72.6 Å². The topological polar surface area (TPSA) is 61.9 Å². The van der Waals surface area contributed by atoms with Crippen molar-refractivity contribution in [2.45, 2.75) is 39.0 Å². The molecule has 0 aromatic carbocycles. The van der Waals surface area contributed by atoms with E-state index >= 15 is 0 Å². The monoisotopic (exact) mass is 269 g/mol. The van der Waals surface area contributed by atoms with Crippen LogP contribution in [0.4, 0.5) is 0 Å². The summed E-state index contributed by atoms with van der Waals surface area (Å²) in [5.41, 5.74) is 0. The highest BCUT2D eigenvalue weighted by atomic mass is 16.5. The van der Waals surface area contributed by atoms with Crippen LogP contribution in [0.25, 0.3) is 0 Å². The Morgan fingerprint density at radius 2 is 2.11 bits per heavy atom. The summed E-state index contributed by atoms with van der Waals surface area (Å²) in [6.07, 6.45) is -0.00167. The molecule has 3 atom stereocenters. The van der Waals surface area contributed by atoms with Gasteiger partial charge >= 0.3 is 0 Å². The van der Waals surface area contributed by atoms with Gasteiger partial charge in [-0.15, -0.1) is 0 Å². The summed E-state index contributed by atoms with van der Waals surface area (Å²) in [6.45, 7) is 9.53. The fourth-order valence-corrected chi connectivity index (χ4v) is 2.62. The van der Waals surface area contributed by atoms with Gasteiger partial charge in [0.2, 0.25) is 11.8 Å². The van der Waals surface area contributed by atoms with Crippen molar-refractivity contribution in [3.8, 4) is 0 Å². The molecule has 1 N–H and O–H groups in total. The van der Waals surface area contributed by atoms with Crippen LogP contribution < -0.4 is 5.32 Å². The molecule has 6 heteroatoms. The number of ether oxygens (including phenoxy) is 1. The third-order valence-electron chi connectivity index (χ3n) is 3.93. The Hall–Kier alpha value is -1.14. The van der Waals surface area contributed by atoms with Crippen LogP contribution in [0.3, 0.4) is 0 Å². The number of hydrogen-bond acceptors (Lipinski definition) is 4. The van der Waals surface area contributed by atoms with E-state index in [1.807, 2.05) is 0 Å². The minimum absolute atomic E-state index is 0.00167. The minimum atomic E-state index is -0.436. The lowest BCUT2D eigenvalue weighted by Gasteiger charge is -2.40. The first-order valence-electron chi connectivity index (χ1n) is 6.97. The predicted molar refractivity (Wildman–Crippen MR) is 70.6 cm³/mol. The first kappa shape index (κ1) is 14.3. The smallest absolute Gasteiger partial charge is 0.245 e. The Kier molecular flexibility index (Phi) is 4.42. The summed E-state index contributed by atoms with van der Waals surface area (Å²) in [5, 5.41) is 2.68. The number of hydrogen-bond donors (Lipinski definition) is 1. The summed E-state index contributed by atoms with van der Waals surface area (Å²) in [5.74, 6) is -0.112. The molecule has 0 spiro atoms. The fourth-order valence-electron chi connectivity index (χ4n) is 2.62. The number of piperazine rings is 1. The van der Waals surface area contributed by atoms with Crippen LogP contribution in [0.5, 0.6) is 0 Å². The molecule has 2 aliphatic rings. The molecular weight excluding hydrogens is 246 g/mol. The van der Waals surface area contributed by atoms with Gasteiger partial charge in [-0.1, -0.05) is 6.92 Å². The lowest BCUT2D eigenvalue weighted by Crippen LogP contribution is -2.63. The number of carbonyl (C=O) groups excluding carboxylic acids is 2. The predicted octanol–water partition coefficient (Wildman–Crippen LogP) is -0.557. The third kappa shape index (κ3) is 3.06. The molecule has 2 aliphatic heterocycles. The van der Waals surface area contributed by atoms with E-state index in [0.29, 0.717) is 13.2 Å². The van der Waals surface area contributed by atoms with Crippen LogP contribution in [0.2, 0.25) is 0 Å². The summed E-state index contributed by atoms with van der Waals surface area (Å²) in [6, 6.07) is -0.848. The molecule has 0 saturated carbocycles. The van der Waals surface area contributed by atoms with Gasteiger partial charge in [0.05, 0.1) is 12.7 Å². The Morgan fingerprint density at radius 3 is 2.79 bits per heavy atom. The molecular formula is C13H23N3O3. The normalized spacial score (nSPS) is 33.4. The van der Waals surface area contributed by atoms with E-state index < -0.39 is 12.1 Å². The molecule has 2 rings (SSSR count). The van der Waals surface area contributed by atoms with Crippen molar-refractivity contribution in [2.24, 2.45) is 0 Å². The second-order valence-electron chi connectivity index (χ2n) is 5.28. The van der Waals surface area contributed by atoms with E-state index in [2.05, 4.69) is 17.1 Å². The van der Waals surface area contributed by atoms with E-state index in [0.717, 1.165) is 19.6 Å². The maximum atomic E-state index is 12.1. The Labute approximate surface area is 114 Å². The average molecular weight is 269 g/mol.